The number of aromatic nitrogens is 2. The zero-order chi connectivity index (χ0) is 30.8. The number of carbonyl (C=O) groups is 3. The van der Waals surface area contributed by atoms with Crippen molar-refractivity contribution in [3.63, 3.8) is 0 Å². The van der Waals surface area contributed by atoms with Crippen molar-refractivity contribution in [2.24, 2.45) is 27.6 Å². The highest BCUT2D eigenvalue weighted by Gasteiger charge is 2.45. The van der Waals surface area contributed by atoms with E-state index in [1.165, 1.54) is 18.2 Å². The highest BCUT2D eigenvalue weighted by atomic mass is 19.4. The Bertz CT molecular complexity index is 1390. The topological polar surface area (TPSA) is 169 Å². The van der Waals surface area contributed by atoms with Crippen molar-refractivity contribution in [2.75, 3.05) is 6.54 Å². The van der Waals surface area contributed by atoms with E-state index in [4.69, 9.17) is 21.9 Å². The normalized spacial score (nSPS) is 19.3. The summed E-state index contributed by atoms with van der Waals surface area (Å²) >= 11 is 0. The number of carbonyl (C=O) groups excluding carboxylic acids is 3. The quantitative estimate of drug-likeness (QED) is 0.291. The number of rotatable bonds is 9. The Morgan fingerprint density at radius 2 is 1.88 bits per heavy atom. The first-order chi connectivity index (χ1) is 19.7. The fourth-order valence-corrected chi connectivity index (χ4v) is 5.52. The largest absolute Gasteiger partial charge is 0.461 e. The van der Waals surface area contributed by atoms with Gasteiger partial charge in [0.15, 0.2) is 11.5 Å². The number of unbranched alkanes of at least 4 members (excludes halogenated alkanes) is 1. The molecule has 0 aliphatic heterocycles. The summed E-state index contributed by atoms with van der Waals surface area (Å²) in [5.74, 6) is -1.81. The first kappa shape index (κ1) is 31.4. The maximum absolute atomic E-state index is 13.9. The average molecular weight is 591 g/mol. The maximum atomic E-state index is 13.9. The first-order valence-electron chi connectivity index (χ1n) is 14.1. The van der Waals surface area contributed by atoms with Gasteiger partial charge in [-0.2, -0.15) is 18.3 Å². The predicted octanol–water partition coefficient (Wildman–Crippen LogP) is 4.16. The number of fused-ring (bicyclic) bond motifs is 1. The molecule has 228 valence electrons. The fourth-order valence-electron chi connectivity index (χ4n) is 5.52. The van der Waals surface area contributed by atoms with Crippen molar-refractivity contribution < 1.29 is 32.3 Å². The SMILES string of the molecule is CC1(C)CC(=O)c2c(C(F)(F)F)nn(-c3ccc(C(N)=O)c(N=C4CCC(OC(=O)[C@@H](N)CCCCN)CC4)c3)c2C1. The van der Waals surface area contributed by atoms with Crippen molar-refractivity contribution in [2.45, 2.75) is 90.0 Å². The van der Waals surface area contributed by atoms with Gasteiger partial charge in [0.2, 0.25) is 0 Å². The molecule has 1 aromatic carbocycles. The smallest absolute Gasteiger partial charge is 0.435 e. The van der Waals surface area contributed by atoms with E-state index in [9.17, 15) is 27.6 Å². The molecule has 2 aliphatic carbocycles. The van der Waals surface area contributed by atoms with Crippen LogP contribution in [0, 0.1) is 5.41 Å². The molecule has 0 saturated heterocycles. The monoisotopic (exact) mass is 590 g/mol. The van der Waals surface area contributed by atoms with Gasteiger partial charge in [-0.25, -0.2) is 4.68 Å². The van der Waals surface area contributed by atoms with Crippen molar-refractivity contribution in [1.82, 2.24) is 9.78 Å². The lowest BCUT2D eigenvalue weighted by atomic mass is 9.75. The molecule has 6 N–H and O–H groups in total. The maximum Gasteiger partial charge on any atom is 0.435 e. The molecule has 1 saturated carbocycles. The molecule has 0 unspecified atom stereocenters. The highest BCUT2D eigenvalue weighted by Crippen LogP contribution is 2.42. The summed E-state index contributed by atoms with van der Waals surface area (Å²) in [5, 5.41) is 3.83. The van der Waals surface area contributed by atoms with E-state index in [0.29, 0.717) is 38.6 Å². The Hall–Kier alpha value is -3.58. The van der Waals surface area contributed by atoms with E-state index in [0.717, 1.165) is 23.2 Å². The molecular formula is C29H37F3N6O4. The molecule has 13 heteroatoms. The molecule has 10 nitrogen and oxygen atoms in total. The van der Waals surface area contributed by atoms with Crippen LogP contribution in [-0.2, 0) is 22.1 Å². The Kier molecular flexibility index (Phi) is 9.21. The van der Waals surface area contributed by atoms with Crippen LogP contribution in [0.2, 0.25) is 0 Å². The van der Waals surface area contributed by atoms with Gasteiger partial charge < -0.3 is 21.9 Å². The minimum Gasteiger partial charge on any atom is -0.461 e. The minimum atomic E-state index is -4.82. The molecule has 2 aliphatic rings. The number of amides is 1. The van der Waals surface area contributed by atoms with Crippen LogP contribution in [0.4, 0.5) is 18.9 Å². The van der Waals surface area contributed by atoms with Gasteiger partial charge in [-0.1, -0.05) is 20.3 Å². The van der Waals surface area contributed by atoms with Gasteiger partial charge in [-0.15, -0.1) is 0 Å². The first-order valence-corrected chi connectivity index (χ1v) is 14.1. The third-order valence-corrected chi connectivity index (χ3v) is 7.65. The van der Waals surface area contributed by atoms with Crippen LogP contribution in [0.15, 0.2) is 23.2 Å². The third-order valence-electron chi connectivity index (χ3n) is 7.65. The molecule has 0 radical (unpaired) electrons. The van der Waals surface area contributed by atoms with Crippen molar-refractivity contribution >= 4 is 29.1 Å². The van der Waals surface area contributed by atoms with Gasteiger partial charge in [0.1, 0.15) is 12.1 Å². The number of hydrogen-bond donors (Lipinski definition) is 3. The number of aliphatic imine (C=N–C) groups is 1. The number of primary amides is 1. The molecule has 2 aromatic rings. The molecule has 4 rings (SSSR count). The molecule has 0 spiro atoms. The fraction of sp³-hybridized carbons (Fsp3) is 0.552. The van der Waals surface area contributed by atoms with E-state index in [1.54, 1.807) is 0 Å². The van der Waals surface area contributed by atoms with E-state index < -0.39 is 46.6 Å². The number of ketones is 1. The second kappa shape index (κ2) is 12.3. The van der Waals surface area contributed by atoms with Gasteiger partial charge in [0, 0.05) is 12.1 Å². The van der Waals surface area contributed by atoms with Crippen LogP contribution in [0.25, 0.3) is 5.69 Å². The zero-order valence-electron chi connectivity index (χ0n) is 23.8. The number of nitrogens with two attached hydrogens (primary N) is 3. The van der Waals surface area contributed by atoms with Gasteiger partial charge in [-0.3, -0.25) is 19.4 Å². The molecule has 42 heavy (non-hydrogen) atoms. The molecule has 1 aromatic heterocycles. The number of benzene rings is 1. The van der Waals surface area contributed by atoms with E-state index >= 15 is 0 Å². The van der Waals surface area contributed by atoms with Gasteiger partial charge in [0.25, 0.3) is 5.91 Å². The molecule has 0 bridgehead atoms. The van der Waals surface area contributed by atoms with Gasteiger partial charge in [-0.05, 0) is 75.1 Å². The number of esters is 1. The summed E-state index contributed by atoms with van der Waals surface area (Å²) in [6, 6.07) is 3.59. The number of Topliss-reactive ketones (excluding diaryl/α,β-unsaturated/α-hetero) is 1. The molecule has 1 atom stereocenters. The second-order valence-corrected chi connectivity index (χ2v) is 11.8. The molecular weight excluding hydrogens is 553 g/mol. The van der Waals surface area contributed by atoms with Gasteiger partial charge >= 0.3 is 12.1 Å². The summed E-state index contributed by atoms with van der Waals surface area (Å²) in [5.41, 5.74) is 16.2. The molecule has 1 fully saturated rings. The zero-order valence-corrected chi connectivity index (χ0v) is 23.8. The van der Waals surface area contributed by atoms with E-state index in [2.05, 4.69) is 10.1 Å². The van der Waals surface area contributed by atoms with Crippen LogP contribution in [0.1, 0.15) is 97.3 Å². The summed E-state index contributed by atoms with van der Waals surface area (Å²) in [6.45, 7) is 4.16. The summed E-state index contributed by atoms with van der Waals surface area (Å²) in [6.07, 6.45) is -0.993. The lowest BCUT2D eigenvalue weighted by molar-refractivity contribution is -0.151. The number of alkyl halides is 3. The van der Waals surface area contributed by atoms with Crippen molar-refractivity contribution in [1.29, 1.82) is 0 Å². The lowest BCUT2D eigenvalue weighted by Crippen LogP contribution is -2.36. The Morgan fingerprint density at radius 1 is 1.19 bits per heavy atom. The number of nitrogens with zero attached hydrogens (tertiary/aromatic N) is 3. The summed E-state index contributed by atoms with van der Waals surface area (Å²) < 4.78 is 48.4. The van der Waals surface area contributed by atoms with Crippen LogP contribution in [0.5, 0.6) is 0 Å². The minimum absolute atomic E-state index is 0.0230. The van der Waals surface area contributed by atoms with Gasteiger partial charge in [0.05, 0.1) is 28.2 Å². The van der Waals surface area contributed by atoms with E-state index in [-0.39, 0.29) is 41.6 Å². The number of halogens is 3. The second-order valence-electron chi connectivity index (χ2n) is 11.8. The Labute approximate surface area is 241 Å². The lowest BCUT2D eigenvalue weighted by Gasteiger charge is -2.29. The number of ether oxygens (including phenoxy) is 1. The molecule has 1 amide bonds. The Morgan fingerprint density at radius 3 is 2.50 bits per heavy atom. The molecule has 1 heterocycles. The number of hydrogen-bond acceptors (Lipinski definition) is 8. The van der Waals surface area contributed by atoms with Crippen LogP contribution < -0.4 is 17.2 Å². The van der Waals surface area contributed by atoms with Crippen LogP contribution in [0.3, 0.4) is 0 Å². The summed E-state index contributed by atoms with van der Waals surface area (Å²) in [4.78, 5) is 42.0. The average Bonchev–Trinajstić information content (AvgIpc) is 3.29. The third kappa shape index (κ3) is 7.06. The van der Waals surface area contributed by atoms with E-state index in [1.807, 2.05) is 13.8 Å². The predicted molar refractivity (Wildman–Crippen MR) is 150 cm³/mol. The van der Waals surface area contributed by atoms with Crippen molar-refractivity contribution in [3.05, 3.63) is 40.7 Å². The van der Waals surface area contributed by atoms with Crippen LogP contribution in [-0.4, -0.2) is 51.8 Å². The Balaban J connectivity index is 1.59. The highest BCUT2D eigenvalue weighted by molar-refractivity contribution is 6.01. The standard InChI is InChI=1S/C29H37F3N6O4/c1-28(2)14-22-24(23(39)15-28)25(29(30,31)32)37-38(22)17-8-11-19(26(35)40)21(13-17)36-16-6-9-18(10-7-16)42-27(41)20(34)5-3-4-12-33/h8,11,13,18,20H,3-7,9-10,12,14-15,33-34H2,1-2H3,(H2,35,40)/t18?,20-/m0/s1. The van der Waals surface area contributed by atoms with Crippen molar-refractivity contribution in [3.8, 4) is 5.69 Å². The van der Waals surface area contributed by atoms with Crippen LogP contribution >= 0.6 is 0 Å². The summed E-state index contributed by atoms with van der Waals surface area (Å²) in [7, 11) is 0.